The van der Waals surface area contributed by atoms with Gasteiger partial charge in [0.1, 0.15) is 48.0 Å². The largest absolute Gasteiger partial charge is 0.508 e. The van der Waals surface area contributed by atoms with Crippen LogP contribution in [0.15, 0.2) is 24.3 Å². The number of nitrogens with zero attached hydrogens (tertiary/aromatic N) is 1. The van der Waals surface area contributed by atoms with Crippen molar-refractivity contribution in [1.29, 1.82) is 0 Å². The van der Waals surface area contributed by atoms with Gasteiger partial charge in [-0.05, 0) is 76.0 Å². The van der Waals surface area contributed by atoms with Crippen LogP contribution in [0.4, 0.5) is 0 Å². The van der Waals surface area contributed by atoms with E-state index in [1.165, 1.54) is 27.8 Å². The lowest BCUT2D eigenvalue weighted by Gasteiger charge is -2.32. The molecule has 3 aliphatic heterocycles. The molecular weight excluding hydrogens is 951 g/mol. The summed E-state index contributed by atoms with van der Waals surface area (Å²) in [4.78, 5) is 151. The van der Waals surface area contributed by atoms with Crippen molar-refractivity contribution in [3.63, 3.8) is 0 Å². The summed E-state index contributed by atoms with van der Waals surface area (Å²) in [6.07, 6.45) is -0.0691. The molecule has 2 bridgehead atoms. The lowest BCUT2D eigenvalue weighted by molar-refractivity contribution is -0.142. The minimum atomic E-state index is -1.71. The third-order valence-corrected chi connectivity index (χ3v) is 15.3. The number of aromatic hydroxyl groups is 1. The van der Waals surface area contributed by atoms with Crippen LogP contribution in [0.3, 0.4) is 0 Å². The van der Waals surface area contributed by atoms with Crippen molar-refractivity contribution in [2.75, 3.05) is 25.4 Å². The van der Waals surface area contributed by atoms with E-state index in [1.807, 2.05) is 0 Å². The van der Waals surface area contributed by atoms with E-state index in [0.29, 0.717) is 31.2 Å². The molecule has 1 unspecified atom stereocenters. The summed E-state index contributed by atoms with van der Waals surface area (Å²) >= 11 is 0. The molecule has 3 heterocycles. The predicted molar refractivity (Wildman–Crippen MR) is 258 cm³/mol. The predicted octanol–water partition coefficient (Wildman–Crippen LogP) is -2.00. The van der Waals surface area contributed by atoms with Crippen LogP contribution < -0.4 is 54.0 Å². The second-order valence-corrected chi connectivity index (χ2v) is 21.4. The number of carbonyl (C=O) groups is 11. The van der Waals surface area contributed by atoms with Crippen molar-refractivity contribution in [2.45, 2.75) is 145 Å². The molecule has 13 N–H and O–H groups in total. The first-order valence-corrected chi connectivity index (χ1v) is 25.7. The van der Waals surface area contributed by atoms with E-state index in [1.54, 1.807) is 39.8 Å². The molecule has 0 saturated carbocycles. The third-order valence-electron chi connectivity index (χ3n) is 12.0. The van der Waals surface area contributed by atoms with E-state index in [2.05, 4.69) is 42.5 Å². The Morgan fingerprint density at radius 3 is 2.14 bits per heavy atom. The zero-order valence-corrected chi connectivity index (χ0v) is 41.5. The summed E-state index contributed by atoms with van der Waals surface area (Å²) in [6.45, 7) is 6.63. The highest BCUT2D eigenvalue weighted by Gasteiger charge is 2.41. The van der Waals surface area contributed by atoms with Crippen LogP contribution in [0, 0.1) is 5.92 Å². The number of nitrogens with two attached hydrogens (primary N) is 2. The number of fused-ring (bicyclic) bond motifs is 7. The van der Waals surface area contributed by atoms with Gasteiger partial charge in [-0.15, -0.1) is 0 Å². The maximum absolute atomic E-state index is 14.6. The fourth-order valence-corrected chi connectivity index (χ4v) is 10.7. The van der Waals surface area contributed by atoms with Gasteiger partial charge in [0.15, 0.2) is 0 Å². The minimum Gasteiger partial charge on any atom is -0.508 e. The van der Waals surface area contributed by atoms with Crippen LogP contribution in [0.1, 0.15) is 97.5 Å². The van der Waals surface area contributed by atoms with E-state index in [-0.39, 0.29) is 63.1 Å². The molecule has 0 spiro atoms. The number of hydrogen-bond acceptors (Lipinski definition) is 14. The molecule has 0 aromatic heterocycles. The lowest BCUT2D eigenvalue weighted by atomic mass is 9.96. The standard InChI is InChI=1S/C45H67N11O12S2/c1-5-24(2)37-43(67)52-28-15-16-35(60)48-17-7-6-9-27(38(62)49-22-34(47)59)51-42(66)32-10-8-18-56(32)44(68)31(54-40(64)30(20-33(46)58)53-39(28)63)23-69-70-45(3,4)21-36(61)50-29(41(65)55-37)19-25-11-13-26(57)14-12-25/h11-14,24,27-32,37,57H,5-10,15-23H2,1-4H3,(H2,46,58)(H2,47,59)(H,48,60)(H,49,62)(H,50,61)(H,51,66)(H,52,67)(H,53,63)(H,54,64)(H,55,65)/t24?,27-,28-,29-,30-,31+,32-,37-/m0/s1. The molecule has 3 saturated heterocycles. The highest BCUT2D eigenvalue weighted by molar-refractivity contribution is 8.77. The SMILES string of the molecule is CCC(C)[C@@H]1NC(=O)[C@H](Cc2ccc(O)cc2)NC(=O)CC(C)(C)SSC[C@H]2NC(=O)[C@H](CC(N)=O)NC(=O)[C@H](CCC(=O)NCCCC[C@@H](C(=O)NCC(N)=O)NC(=O)[C@@H]3CCCN3C2=O)NC1=O. The summed E-state index contributed by atoms with van der Waals surface area (Å²) in [5.41, 5.74) is 11.4. The fraction of sp³-hybridized carbons (Fsp3) is 0.622. The Labute approximate surface area is 414 Å². The van der Waals surface area contributed by atoms with Gasteiger partial charge in [0.05, 0.1) is 13.0 Å². The number of amides is 11. The number of phenols is 1. The second-order valence-electron chi connectivity index (χ2n) is 18.3. The number of phenolic OH excluding ortho intramolecular Hbond substituents is 1. The van der Waals surface area contributed by atoms with E-state index in [0.717, 1.165) is 10.8 Å². The molecule has 3 fully saturated rings. The van der Waals surface area contributed by atoms with Gasteiger partial charge < -0.3 is 64.0 Å². The number of carbonyl (C=O) groups excluding carboxylic acids is 11. The maximum Gasteiger partial charge on any atom is 0.246 e. The summed E-state index contributed by atoms with van der Waals surface area (Å²) in [6, 6.07) is -3.48. The number of primary amides is 2. The van der Waals surface area contributed by atoms with E-state index >= 15 is 0 Å². The number of rotatable bonds is 9. The van der Waals surface area contributed by atoms with Crippen molar-refractivity contribution in [2.24, 2.45) is 17.4 Å². The number of nitrogens with one attached hydrogen (secondary N) is 8. The number of hydrogen-bond donors (Lipinski definition) is 11. The van der Waals surface area contributed by atoms with Gasteiger partial charge in [-0.1, -0.05) is 54.0 Å². The molecule has 11 amide bonds. The molecule has 0 radical (unpaired) electrons. The van der Waals surface area contributed by atoms with Crippen LogP contribution >= 0.6 is 21.6 Å². The summed E-state index contributed by atoms with van der Waals surface area (Å²) in [5.74, 6) is -9.36. The Balaban J connectivity index is 1.82. The smallest absolute Gasteiger partial charge is 0.246 e. The Morgan fingerprint density at radius 2 is 1.47 bits per heavy atom. The van der Waals surface area contributed by atoms with Crippen LogP contribution in [0.2, 0.25) is 0 Å². The summed E-state index contributed by atoms with van der Waals surface area (Å²) < 4.78 is -0.887. The first-order valence-electron chi connectivity index (χ1n) is 23.4. The molecule has 3 aliphatic rings. The monoisotopic (exact) mass is 1020 g/mol. The second kappa shape index (κ2) is 26.8. The van der Waals surface area contributed by atoms with Crippen LogP contribution in [0.5, 0.6) is 5.75 Å². The van der Waals surface area contributed by atoms with E-state index < -0.39 is 131 Å². The lowest BCUT2D eigenvalue weighted by Crippen LogP contribution is -2.61. The van der Waals surface area contributed by atoms with Gasteiger partial charge in [0, 0.05) is 42.9 Å². The molecule has 25 heteroatoms. The third kappa shape index (κ3) is 17.7. The summed E-state index contributed by atoms with van der Waals surface area (Å²) in [5, 5.41) is 31.0. The molecule has 4 rings (SSSR count). The van der Waals surface area contributed by atoms with Crippen molar-refractivity contribution >= 4 is 86.6 Å². The molecule has 1 aromatic rings. The van der Waals surface area contributed by atoms with E-state index in [9.17, 15) is 57.8 Å². The van der Waals surface area contributed by atoms with E-state index in [4.69, 9.17) is 11.5 Å². The van der Waals surface area contributed by atoms with Crippen LogP contribution in [-0.2, 0) is 59.2 Å². The van der Waals surface area contributed by atoms with Crippen molar-refractivity contribution in [1.82, 2.24) is 47.4 Å². The fourth-order valence-electron chi connectivity index (χ4n) is 8.02. The zero-order valence-electron chi connectivity index (χ0n) is 39.9. The Morgan fingerprint density at radius 1 is 0.786 bits per heavy atom. The van der Waals surface area contributed by atoms with Gasteiger partial charge in [0.25, 0.3) is 0 Å². The number of benzene rings is 1. The molecule has 70 heavy (non-hydrogen) atoms. The summed E-state index contributed by atoms with van der Waals surface area (Å²) in [7, 11) is 2.30. The first kappa shape index (κ1) is 56.5. The van der Waals surface area contributed by atoms with Gasteiger partial charge >= 0.3 is 0 Å². The molecule has 386 valence electrons. The maximum atomic E-state index is 14.6. The first-order chi connectivity index (χ1) is 33.1. The van der Waals surface area contributed by atoms with Gasteiger partial charge in [-0.3, -0.25) is 52.7 Å². The van der Waals surface area contributed by atoms with Crippen molar-refractivity contribution < 1.29 is 57.8 Å². The van der Waals surface area contributed by atoms with Gasteiger partial charge in [-0.25, -0.2) is 0 Å². The average Bonchev–Trinajstić information content (AvgIpc) is 3.79. The van der Waals surface area contributed by atoms with Crippen LogP contribution in [-0.4, -0.2) is 147 Å². The normalized spacial score (nSPS) is 26.7. The minimum absolute atomic E-state index is 0.0205. The highest BCUT2D eigenvalue weighted by Crippen LogP contribution is 2.39. The quantitative estimate of drug-likeness (QED) is 0.119. The topological polar surface area (TPSA) is 360 Å². The molecule has 1 aromatic carbocycles. The Kier molecular flexibility index (Phi) is 21.6. The van der Waals surface area contributed by atoms with Gasteiger partial charge in [0.2, 0.25) is 65.0 Å². The van der Waals surface area contributed by atoms with Gasteiger partial charge in [-0.2, -0.15) is 0 Å². The Hall–Kier alpha value is -6.11. The Bertz CT molecular complexity index is 2110. The molecule has 23 nitrogen and oxygen atoms in total. The van der Waals surface area contributed by atoms with Crippen LogP contribution in [0.25, 0.3) is 0 Å². The molecular formula is C45H67N11O12S2. The van der Waals surface area contributed by atoms with Crippen molar-refractivity contribution in [3.8, 4) is 5.75 Å². The molecule has 0 aliphatic carbocycles. The van der Waals surface area contributed by atoms with Crippen molar-refractivity contribution in [3.05, 3.63) is 29.8 Å². The zero-order chi connectivity index (χ0) is 51.7. The molecule has 8 atom stereocenters. The highest BCUT2D eigenvalue weighted by atomic mass is 33.1. The average molecular weight is 1020 g/mol.